The maximum Gasteiger partial charge on any atom is 0.407 e. The third-order valence-corrected chi connectivity index (χ3v) is 8.53. The fourth-order valence-corrected chi connectivity index (χ4v) is 6.28. The number of ether oxygens (including phenoxy) is 2. The average Bonchev–Trinajstić information content (AvgIpc) is 3.67. The lowest BCUT2D eigenvalue weighted by Crippen LogP contribution is -2.54. The topological polar surface area (TPSA) is 114 Å². The molecule has 1 saturated heterocycles. The van der Waals surface area contributed by atoms with Crippen molar-refractivity contribution in [3.8, 4) is 17.0 Å². The van der Waals surface area contributed by atoms with Gasteiger partial charge in [-0.15, -0.1) is 0 Å². The first-order chi connectivity index (χ1) is 22.1. The summed E-state index contributed by atoms with van der Waals surface area (Å²) in [7, 11) is 3.02. The van der Waals surface area contributed by atoms with Gasteiger partial charge in [-0.05, 0) is 67.3 Å². The summed E-state index contributed by atoms with van der Waals surface area (Å²) < 4.78 is 41.6. The van der Waals surface area contributed by atoms with Crippen LogP contribution in [0.5, 0.6) is 5.75 Å². The number of aromatic nitrogens is 1. The normalized spacial score (nSPS) is 17.6. The Morgan fingerprint density at radius 1 is 0.978 bits per heavy atom. The summed E-state index contributed by atoms with van der Waals surface area (Å²) in [4.78, 5) is 40.4. The van der Waals surface area contributed by atoms with Crippen molar-refractivity contribution in [3.63, 3.8) is 0 Å². The Morgan fingerprint density at radius 2 is 1.72 bits per heavy atom. The molecule has 46 heavy (non-hydrogen) atoms. The molecule has 4 aromatic rings. The van der Waals surface area contributed by atoms with Crippen LogP contribution in [0.3, 0.4) is 0 Å². The zero-order valence-electron chi connectivity index (χ0n) is 25.9. The SMILES string of the molecule is CNc1ccc2c(c1)OC(c1cc(F)cc(F)c1)n1c-2cc2cc(NC(=O)C3CCCN3C(=O)C(NC(=O)OC)C(C)C)ccc21. The lowest BCUT2D eigenvalue weighted by Gasteiger charge is -2.30. The summed E-state index contributed by atoms with van der Waals surface area (Å²) in [5.41, 5.74) is 3.96. The van der Waals surface area contributed by atoms with Crippen molar-refractivity contribution < 1.29 is 32.6 Å². The molecule has 2 aliphatic heterocycles. The van der Waals surface area contributed by atoms with Crippen molar-refractivity contribution in [2.45, 2.75) is 45.0 Å². The lowest BCUT2D eigenvalue weighted by atomic mass is 10.0. The summed E-state index contributed by atoms with van der Waals surface area (Å²) in [5, 5.41) is 9.40. The van der Waals surface area contributed by atoms with Gasteiger partial charge in [-0.2, -0.15) is 0 Å². The van der Waals surface area contributed by atoms with Gasteiger partial charge in [0.15, 0.2) is 0 Å². The summed E-state index contributed by atoms with van der Waals surface area (Å²) in [6.45, 7) is 4.02. The number of halogens is 2. The molecule has 240 valence electrons. The fraction of sp³-hybridized carbons (Fsp3) is 0.324. The zero-order chi connectivity index (χ0) is 32.7. The van der Waals surface area contributed by atoms with Crippen LogP contribution in [0, 0.1) is 17.6 Å². The van der Waals surface area contributed by atoms with E-state index >= 15 is 0 Å². The smallest absolute Gasteiger partial charge is 0.407 e. The number of nitrogens with zero attached hydrogens (tertiary/aromatic N) is 2. The van der Waals surface area contributed by atoms with Gasteiger partial charge in [-0.25, -0.2) is 13.6 Å². The predicted octanol–water partition coefficient (Wildman–Crippen LogP) is 5.88. The molecule has 0 radical (unpaired) electrons. The van der Waals surface area contributed by atoms with Gasteiger partial charge in [0.05, 0.1) is 18.3 Å². The number of likely N-dealkylation sites (tertiary alicyclic amines) is 1. The second-order valence-corrected chi connectivity index (χ2v) is 11.8. The Labute approximate surface area is 264 Å². The molecular weight excluding hydrogens is 596 g/mol. The summed E-state index contributed by atoms with van der Waals surface area (Å²) in [5.74, 6) is -1.76. The van der Waals surface area contributed by atoms with Crippen LogP contribution in [-0.2, 0) is 14.3 Å². The van der Waals surface area contributed by atoms with E-state index in [1.165, 1.54) is 24.1 Å². The first-order valence-electron chi connectivity index (χ1n) is 15.1. The van der Waals surface area contributed by atoms with Gasteiger partial charge in [-0.3, -0.25) is 9.59 Å². The maximum absolute atomic E-state index is 14.3. The molecule has 0 spiro atoms. The number of carbonyl (C=O) groups excluding carboxylic acids is 3. The van der Waals surface area contributed by atoms with Crippen LogP contribution >= 0.6 is 0 Å². The monoisotopic (exact) mass is 631 g/mol. The van der Waals surface area contributed by atoms with Crippen LogP contribution in [0.15, 0.2) is 60.7 Å². The van der Waals surface area contributed by atoms with Crippen molar-refractivity contribution >= 4 is 40.2 Å². The Morgan fingerprint density at radius 3 is 2.41 bits per heavy atom. The first-order valence-corrected chi connectivity index (χ1v) is 15.1. The van der Waals surface area contributed by atoms with Gasteiger partial charge < -0.3 is 34.9 Å². The molecular formula is C34H35F2N5O5. The molecule has 1 fully saturated rings. The zero-order valence-corrected chi connectivity index (χ0v) is 25.9. The van der Waals surface area contributed by atoms with Crippen molar-refractivity contribution in [2.75, 3.05) is 31.3 Å². The van der Waals surface area contributed by atoms with Crippen molar-refractivity contribution in [1.82, 2.24) is 14.8 Å². The summed E-state index contributed by atoms with van der Waals surface area (Å²) in [6, 6.07) is 14.8. The number of methoxy groups -OCH3 is 1. The van der Waals surface area contributed by atoms with Crippen LogP contribution in [0.2, 0.25) is 0 Å². The highest BCUT2D eigenvalue weighted by Crippen LogP contribution is 2.45. The van der Waals surface area contributed by atoms with Crippen LogP contribution in [0.1, 0.15) is 38.5 Å². The molecule has 3 atom stereocenters. The van der Waals surface area contributed by atoms with E-state index in [1.54, 1.807) is 13.1 Å². The number of fused-ring (bicyclic) bond motifs is 5. The molecule has 3 aromatic carbocycles. The number of alkyl carbamates (subject to hydrolysis) is 1. The minimum absolute atomic E-state index is 0.217. The van der Waals surface area contributed by atoms with Crippen molar-refractivity contribution in [3.05, 3.63) is 77.9 Å². The maximum atomic E-state index is 14.3. The number of hydrogen-bond acceptors (Lipinski definition) is 6. The Kier molecular flexibility index (Phi) is 8.28. The molecule has 0 saturated carbocycles. The molecule has 1 aromatic heterocycles. The van der Waals surface area contributed by atoms with E-state index in [4.69, 9.17) is 4.74 Å². The number of nitrogens with one attached hydrogen (secondary N) is 3. The molecule has 3 unspecified atom stereocenters. The first kappa shape index (κ1) is 30.9. The van der Waals surface area contributed by atoms with E-state index in [-0.39, 0.29) is 17.7 Å². The standard InChI is InChI=1S/C34H35F2N5O5/c1-18(2)30(39-34(44)45-4)32(43)40-11-5-6-27(40)31(42)38-24-8-10-26-19(14-24)15-28-25-9-7-23(37-3)17-29(25)46-33(41(26)28)20-12-21(35)16-22(36)13-20/h7-10,12-18,27,30,33,37H,5-6,11H2,1-4H3,(H,38,42)(H,39,44). The third-order valence-electron chi connectivity index (χ3n) is 8.53. The number of benzene rings is 3. The van der Waals surface area contributed by atoms with E-state index in [9.17, 15) is 23.2 Å². The molecule has 3 heterocycles. The summed E-state index contributed by atoms with van der Waals surface area (Å²) in [6.07, 6.45) is -0.438. The molecule has 12 heteroatoms. The Hall–Kier alpha value is -5.13. The van der Waals surface area contributed by atoms with Gasteiger partial charge in [-0.1, -0.05) is 13.8 Å². The van der Waals surface area contributed by atoms with Crippen molar-refractivity contribution in [2.24, 2.45) is 5.92 Å². The third kappa shape index (κ3) is 5.70. The van der Waals surface area contributed by atoms with Gasteiger partial charge >= 0.3 is 6.09 Å². The highest BCUT2D eigenvalue weighted by molar-refractivity contribution is 6.00. The van der Waals surface area contributed by atoms with E-state index in [0.717, 1.165) is 33.9 Å². The minimum Gasteiger partial charge on any atom is -0.465 e. The molecule has 0 aliphatic carbocycles. The second kappa shape index (κ2) is 12.3. The molecule has 0 bridgehead atoms. The van der Waals surface area contributed by atoms with Crippen molar-refractivity contribution in [1.29, 1.82) is 0 Å². The van der Waals surface area contributed by atoms with E-state index in [1.807, 2.05) is 54.8 Å². The van der Waals surface area contributed by atoms with E-state index in [2.05, 4.69) is 20.7 Å². The highest BCUT2D eigenvalue weighted by Gasteiger charge is 2.39. The number of hydrogen-bond donors (Lipinski definition) is 3. The number of carbonyl (C=O) groups is 3. The van der Waals surface area contributed by atoms with Crippen LogP contribution in [0.4, 0.5) is 25.0 Å². The number of amides is 3. The molecule has 3 amide bonds. The van der Waals surface area contributed by atoms with Crippen LogP contribution in [-0.4, -0.2) is 60.2 Å². The minimum atomic E-state index is -0.858. The lowest BCUT2D eigenvalue weighted by molar-refractivity contribution is -0.139. The summed E-state index contributed by atoms with van der Waals surface area (Å²) >= 11 is 0. The van der Waals surface area contributed by atoms with Gasteiger partial charge in [0, 0.05) is 53.6 Å². The number of anilines is 2. The van der Waals surface area contributed by atoms with E-state index < -0.39 is 36.0 Å². The second-order valence-electron chi connectivity index (χ2n) is 11.8. The molecule has 2 aliphatic rings. The Bertz CT molecular complexity index is 1820. The van der Waals surface area contributed by atoms with Crippen LogP contribution < -0.4 is 20.7 Å². The predicted molar refractivity (Wildman–Crippen MR) is 170 cm³/mol. The molecule has 10 nitrogen and oxygen atoms in total. The van der Waals surface area contributed by atoms with E-state index in [0.29, 0.717) is 36.4 Å². The van der Waals surface area contributed by atoms with Gasteiger partial charge in [0.25, 0.3) is 0 Å². The molecule has 6 rings (SSSR count). The largest absolute Gasteiger partial charge is 0.465 e. The highest BCUT2D eigenvalue weighted by atomic mass is 19.1. The van der Waals surface area contributed by atoms with Gasteiger partial charge in [0.2, 0.25) is 18.0 Å². The van der Waals surface area contributed by atoms with Crippen LogP contribution in [0.25, 0.3) is 22.2 Å². The number of rotatable bonds is 7. The average molecular weight is 632 g/mol. The van der Waals surface area contributed by atoms with Gasteiger partial charge in [0.1, 0.15) is 29.5 Å². The molecule has 3 N–H and O–H groups in total. The quantitative estimate of drug-likeness (QED) is 0.235. The fourth-order valence-electron chi connectivity index (χ4n) is 6.28. The Balaban J connectivity index is 1.32.